The Kier molecular flexibility index (Phi) is 2.61. The molecule has 0 aliphatic carbocycles. The van der Waals surface area contributed by atoms with Crippen LogP contribution >= 0.6 is 0 Å². The van der Waals surface area contributed by atoms with E-state index in [2.05, 4.69) is 10.5 Å². The summed E-state index contributed by atoms with van der Waals surface area (Å²) < 4.78 is 5.31. The first-order chi connectivity index (χ1) is 7.46. The number of carbonyl (C=O) groups is 1. The molecule has 0 saturated carbocycles. The monoisotopic (exact) mass is 222 g/mol. The maximum absolute atomic E-state index is 11.8. The van der Waals surface area contributed by atoms with Gasteiger partial charge in [0.15, 0.2) is 0 Å². The summed E-state index contributed by atoms with van der Waals surface area (Å²) in [6.45, 7) is 6.81. The highest BCUT2D eigenvalue weighted by atomic mass is 16.6. The average molecular weight is 222 g/mol. The number of amides is 1. The number of nitrogens with zero attached hydrogens (tertiary/aromatic N) is 3. The molecule has 2 heterocycles. The molecule has 5 nitrogen and oxygen atoms in total. The van der Waals surface area contributed by atoms with E-state index in [9.17, 15) is 4.79 Å². The third-order valence-electron chi connectivity index (χ3n) is 2.39. The van der Waals surface area contributed by atoms with Gasteiger partial charge in [-0.15, -0.1) is 0 Å². The quantitative estimate of drug-likeness (QED) is 0.623. The molecule has 0 atom stereocenters. The molecular weight excluding hydrogens is 206 g/mol. The summed E-state index contributed by atoms with van der Waals surface area (Å²) in [6.07, 6.45) is 2.21. The second-order valence-corrected chi connectivity index (χ2v) is 4.97. The second kappa shape index (κ2) is 3.81. The van der Waals surface area contributed by atoms with Gasteiger partial charge in [-0.1, -0.05) is 0 Å². The van der Waals surface area contributed by atoms with Crippen molar-refractivity contribution in [2.24, 2.45) is 5.10 Å². The number of hydrogen-bond donors (Lipinski definition) is 0. The summed E-state index contributed by atoms with van der Waals surface area (Å²) in [5.74, 6) is 0. The van der Waals surface area contributed by atoms with Crippen molar-refractivity contribution in [3.63, 3.8) is 0 Å². The Morgan fingerprint density at radius 3 is 2.94 bits per heavy atom. The van der Waals surface area contributed by atoms with E-state index in [1.54, 1.807) is 11.1 Å². The van der Waals surface area contributed by atoms with Crippen LogP contribution in [0.3, 0.4) is 0 Å². The molecule has 2 aliphatic rings. The van der Waals surface area contributed by atoms with E-state index in [1.807, 2.05) is 20.8 Å². The fourth-order valence-electron chi connectivity index (χ4n) is 1.66. The molecule has 0 aromatic heterocycles. The number of piperidine rings is 1. The van der Waals surface area contributed by atoms with Crippen molar-refractivity contribution >= 4 is 11.8 Å². The molecule has 16 heavy (non-hydrogen) atoms. The van der Waals surface area contributed by atoms with Crippen LogP contribution in [0.25, 0.3) is 0 Å². The third-order valence-corrected chi connectivity index (χ3v) is 2.39. The van der Waals surface area contributed by atoms with Gasteiger partial charge < -0.3 is 9.64 Å². The van der Waals surface area contributed by atoms with E-state index >= 15 is 0 Å². The maximum atomic E-state index is 11.8. The summed E-state index contributed by atoms with van der Waals surface area (Å²) in [5.41, 5.74) is 5.42. The Labute approximate surface area is 95.1 Å². The van der Waals surface area contributed by atoms with E-state index in [4.69, 9.17) is 4.74 Å². The lowest BCUT2D eigenvalue weighted by Crippen LogP contribution is -2.42. The Hall–Kier alpha value is -1.52. The fraction of sp³-hybridized carbons (Fsp3) is 0.636. The molecule has 0 unspecified atom stereocenters. The first-order valence-electron chi connectivity index (χ1n) is 5.40. The molecule has 1 saturated heterocycles. The molecule has 0 spiro atoms. The van der Waals surface area contributed by atoms with Crippen molar-refractivity contribution in [1.82, 2.24) is 10.3 Å². The number of ether oxygens (including phenoxy) is 1. The van der Waals surface area contributed by atoms with Crippen LogP contribution in [0, 0.1) is 0 Å². The minimum atomic E-state index is -0.445. The van der Waals surface area contributed by atoms with E-state index in [-0.39, 0.29) is 6.09 Å². The highest BCUT2D eigenvalue weighted by Crippen LogP contribution is 2.19. The van der Waals surface area contributed by atoms with Crippen molar-refractivity contribution in [1.29, 1.82) is 0 Å². The lowest BCUT2D eigenvalue weighted by Gasteiger charge is -2.30. The van der Waals surface area contributed by atoms with Gasteiger partial charge in [-0.3, -0.25) is 0 Å². The lowest BCUT2D eigenvalue weighted by atomic mass is 10.0. The van der Waals surface area contributed by atoms with Crippen LogP contribution < -0.4 is 5.43 Å². The van der Waals surface area contributed by atoms with Gasteiger partial charge in [0.2, 0.25) is 0 Å². The molecule has 2 rings (SSSR count). The van der Waals surface area contributed by atoms with E-state index in [0.717, 1.165) is 17.7 Å². The number of carbonyl (C=O) groups excluding carboxylic acids is 1. The zero-order valence-electron chi connectivity index (χ0n) is 9.86. The molecule has 87 valence electrons. The van der Waals surface area contributed by atoms with Crippen LogP contribution in [-0.2, 0) is 4.74 Å². The van der Waals surface area contributed by atoms with Gasteiger partial charge in [-0.2, -0.15) is 10.5 Å². The predicted octanol–water partition coefficient (Wildman–Crippen LogP) is 1.49. The predicted molar refractivity (Wildman–Crippen MR) is 60.1 cm³/mol. The standard InChI is InChI=1S/C11H16N3O2/c1-11(2,3)16-10(15)14-5-4-9-8(7-14)6-12-13-9/h6H,4-5,7H2,1-3H3. The van der Waals surface area contributed by atoms with Crippen molar-refractivity contribution < 1.29 is 9.53 Å². The van der Waals surface area contributed by atoms with Crippen LogP contribution in [0.4, 0.5) is 4.79 Å². The summed E-state index contributed by atoms with van der Waals surface area (Å²) >= 11 is 0. The van der Waals surface area contributed by atoms with Gasteiger partial charge in [0.1, 0.15) is 5.60 Å². The normalized spacial score (nSPS) is 19.6. The zero-order valence-corrected chi connectivity index (χ0v) is 9.86. The largest absolute Gasteiger partial charge is 0.444 e. The van der Waals surface area contributed by atoms with Crippen LogP contribution in [0.2, 0.25) is 0 Å². The van der Waals surface area contributed by atoms with Gasteiger partial charge in [-0.05, 0) is 20.8 Å². The second-order valence-electron chi connectivity index (χ2n) is 4.97. The number of fused-ring (bicyclic) bond motifs is 1. The summed E-state index contributed by atoms with van der Waals surface area (Å²) in [5, 5.41) is 4.00. The first kappa shape index (κ1) is 11.0. The van der Waals surface area contributed by atoms with Crippen LogP contribution in [0.1, 0.15) is 27.2 Å². The van der Waals surface area contributed by atoms with Crippen LogP contribution in [0.5, 0.6) is 0 Å². The van der Waals surface area contributed by atoms with Crippen molar-refractivity contribution in [3.05, 3.63) is 11.8 Å². The Balaban J connectivity index is 1.97. The van der Waals surface area contributed by atoms with Crippen molar-refractivity contribution in [3.8, 4) is 0 Å². The molecule has 0 bridgehead atoms. The smallest absolute Gasteiger partial charge is 0.410 e. The highest BCUT2D eigenvalue weighted by molar-refractivity contribution is 6.03. The molecule has 1 radical (unpaired) electrons. The van der Waals surface area contributed by atoms with Gasteiger partial charge in [0.25, 0.3) is 0 Å². The lowest BCUT2D eigenvalue weighted by molar-refractivity contribution is 0.0267. The minimum absolute atomic E-state index is 0.264. The zero-order chi connectivity index (χ0) is 11.8. The molecule has 2 aliphatic heterocycles. The first-order valence-corrected chi connectivity index (χ1v) is 5.40. The summed E-state index contributed by atoms with van der Waals surface area (Å²) in [4.78, 5) is 13.5. The Morgan fingerprint density at radius 1 is 1.50 bits per heavy atom. The Morgan fingerprint density at radius 2 is 2.25 bits per heavy atom. The van der Waals surface area contributed by atoms with E-state index < -0.39 is 5.60 Å². The number of hydrogen-bond acceptors (Lipinski definition) is 3. The molecule has 0 aromatic rings. The Bertz CT molecular complexity index is 366. The molecule has 1 amide bonds. The maximum Gasteiger partial charge on any atom is 0.410 e. The minimum Gasteiger partial charge on any atom is -0.444 e. The summed E-state index contributed by atoms with van der Waals surface area (Å²) in [6, 6.07) is 0. The SMILES string of the molecule is CC(C)(C)OC(=O)N1CCC2=N[N]C=C2C1. The molecular formula is C11H16N3O2. The van der Waals surface area contributed by atoms with Gasteiger partial charge in [0, 0.05) is 18.5 Å². The van der Waals surface area contributed by atoms with Gasteiger partial charge in [-0.25, -0.2) is 4.79 Å². The molecule has 0 N–H and O–H groups in total. The molecule has 0 aromatic carbocycles. The van der Waals surface area contributed by atoms with Gasteiger partial charge in [0.05, 0.1) is 18.5 Å². The highest BCUT2D eigenvalue weighted by Gasteiger charge is 2.29. The van der Waals surface area contributed by atoms with Crippen LogP contribution in [0.15, 0.2) is 16.9 Å². The third kappa shape index (κ3) is 2.35. The average Bonchev–Trinajstić information content (AvgIpc) is 2.61. The fourth-order valence-corrected chi connectivity index (χ4v) is 1.66. The van der Waals surface area contributed by atoms with E-state index in [0.29, 0.717) is 13.1 Å². The molecule has 5 heteroatoms. The van der Waals surface area contributed by atoms with Gasteiger partial charge >= 0.3 is 6.09 Å². The number of likely N-dealkylation sites (tertiary alicyclic amines) is 1. The van der Waals surface area contributed by atoms with Crippen molar-refractivity contribution in [2.45, 2.75) is 32.8 Å². The number of rotatable bonds is 0. The van der Waals surface area contributed by atoms with E-state index in [1.165, 1.54) is 0 Å². The molecule has 1 fully saturated rings. The van der Waals surface area contributed by atoms with Crippen molar-refractivity contribution in [2.75, 3.05) is 13.1 Å². The topological polar surface area (TPSA) is 56.0 Å². The van der Waals surface area contributed by atoms with Crippen LogP contribution in [-0.4, -0.2) is 35.4 Å². The summed E-state index contributed by atoms with van der Waals surface area (Å²) in [7, 11) is 0.